The number of hydrogen-bond acceptors (Lipinski definition) is 3. The van der Waals surface area contributed by atoms with Crippen molar-refractivity contribution in [2.24, 2.45) is 0 Å². The van der Waals surface area contributed by atoms with Gasteiger partial charge in [-0.05, 0) is 23.9 Å². The Hall–Kier alpha value is 0.0969. The van der Waals surface area contributed by atoms with Crippen LogP contribution in [0.2, 0.25) is 0 Å². The molecule has 0 bridgehead atoms. The summed E-state index contributed by atoms with van der Waals surface area (Å²) >= 11 is 0. The number of rotatable bonds is 8. The molecule has 0 spiro atoms. The summed E-state index contributed by atoms with van der Waals surface area (Å²) < 4.78 is 0. The third-order valence-electron chi connectivity index (χ3n) is 1.91. The topological polar surface area (TPSA) is 43.7 Å². The molecule has 0 aromatic carbocycles. The summed E-state index contributed by atoms with van der Waals surface area (Å²) in [4.78, 5) is 2.09. The van der Waals surface area contributed by atoms with Gasteiger partial charge in [-0.25, -0.2) is 0 Å². The second kappa shape index (κ2) is 12.1. The molecule has 0 rings (SSSR count). The smallest absolute Gasteiger partial charge is 0.0558 e. The third-order valence-corrected chi connectivity index (χ3v) is 1.91. The molecule has 0 unspecified atom stereocenters. The van der Waals surface area contributed by atoms with Crippen molar-refractivity contribution in [1.82, 2.24) is 4.90 Å². The highest BCUT2D eigenvalue weighted by molar-refractivity contribution is 5.75. The van der Waals surface area contributed by atoms with E-state index < -0.39 is 0 Å². The van der Waals surface area contributed by atoms with Crippen LogP contribution in [0.25, 0.3) is 0 Å². The number of unbranched alkanes of at least 4 members (excludes halogenated alkanes) is 2. The predicted octanol–water partition coefficient (Wildman–Crippen LogP) is -0.988. The highest BCUT2D eigenvalue weighted by Crippen LogP contribution is 1.97. The summed E-state index contributed by atoms with van der Waals surface area (Å²) in [5, 5.41) is 17.4. The van der Waals surface area contributed by atoms with Crippen LogP contribution >= 0.6 is 0 Å². The largest absolute Gasteiger partial charge is 0.395 e. The molecule has 4 heteroatoms. The summed E-state index contributed by atoms with van der Waals surface area (Å²) in [6.07, 6.45) is 3.61. The highest BCUT2D eigenvalue weighted by Gasteiger charge is 2.01. The lowest BCUT2D eigenvalue weighted by Gasteiger charge is -2.19. The van der Waals surface area contributed by atoms with Crippen molar-refractivity contribution in [3.8, 4) is 0 Å². The lowest BCUT2D eigenvalue weighted by atomic mass is 10.2. The van der Waals surface area contributed by atoms with E-state index in [4.69, 9.17) is 10.2 Å². The third kappa shape index (κ3) is 10.0. The maximum atomic E-state index is 8.70. The molecule has 82 valence electrons. The first-order chi connectivity index (χ1) is 5.85. The summed E-state index contributed by atoms with van der Waals surface area (Å²) in [5.74, 6) is 0. The van der Waals surface area contributed by atoms with Gasteiger partial charge in [-0.1, -0.05) is 19.8 Å². The van der Waals surface area contributed by atoms with Gasteiger partial charge in [0.2, 0.25) is 0 Å². The van der Waals surface area contributed by atoms with Crippen LogP contribution in [0, 0.1) is 0 Å². The second-order valence-electron chi connectivity index (χ2n) is 3.00. The van der Waals surface area contributed by atoms with Gasteiger partial charge in [0.1, 0.15) is 0 Å². The molecule has 0 heterocycles. The van der Waals surface area contributed by atoms with Crippen LogP contribution in [-0.4, -0.2) is 58.9 Å². The second-order valence-corrected chi connectivity index (χ2v) is 3.00. The summed E-state index contributed by atoms with van der Waals surface area (Å²) in [7, 11) is 0. The Balaban J connectivity index is 0. The minimum atomic E-state index is 0. The van der Waals surface area contributed by atoms with Gasteiger partial charge in [-0.3, -0.25) is 4.90 Å². The van der Waals surface area contributed by atoms with Gasteiger partial charge in [0.05, 0.1) is 13.2 Å². The number of nitrogens with zero attached hydrogens (tertiary/aromatic N) is 1. The van der Waals surface area contributed by atoms with Crippen LogP contribution in [0.3, 0.4) is 0 Å². The first kappa shape index (κ1) is 15.6. The lowest BCUT2D eigenvalue weighted by Crippen LogP contribution is -2.30. The minimum absolute atomic E-state index is 0. The Morgan fingerprint density at radius 2 is 1.46 bits per heavy atom. The Morgan fingerprint density at radius 3 is 1.85 bits per heavy atom. The zero-order chi connectivity index (χ0) is 9.23. The molecule has 0 aliphatic heterocycles. The normalized spacial score (nSPS) is 10.2. The maximum absolute atomic E-state index is 8.70. The predicted molar refractivity (Wildman–Crippen MR) is 61.5 cm³/mol. The van der Waals surface area contributed by atoms with E-state index in [1.165, 1.54) is 12.8 Å². The lowest BCUT2D eigenvalue weighted by molar-refractivity contribution is 0.159. The van der Waals surface area contributed by atoms with Crippen molar-refractivity contribution in [2.45, 2.75) is 26.2 Å². The summed E-state index contributed by atoms with van der Waals surface area (Å²) in [6, 6.07) is 0. The molecule has 3 nitrogen and oxygen atoms in total. The highest BCUT2D eigenvalue weighted by atomic mass is 28.1. The Bertz CT molecular complexity index is 87.7. The average Bonchev–Trinajstić information content (AvgIpc) is 2.06. The molecule has 2 N–H and O–H groups in total. The monoisotopic (exact) mass is 207 g/mol. The molecule has 0 aliphatic rings. The van der Waals surface area contributed by atoms with Crippen LogP contribution in [0.1, 0.15) is 26.2 Å². The minimum Gasteiger partial charge on any atom is -0.395 e. The molecule has 0 aliphatic carbocycles. The molecule has 0 atom stereocenters. The zero-order valence-corrected chi connectivity index (χ0v) is 8.00. The van der Waals surface area contributed by atoms with Crippen molar-refractivity contribution in [3.05, 3.63) is 0 Å². The van der Waals surface area contributed by atoms with E-state index in [1.807, 2.05) is 0 Å². The molecular weight excluding hydrogens is 182 g/mol. The summed E-state index contributed by atoms with van der Waals surface area (Å²) in [5.41, 5.74) is 0. The zero-order valence-electron chi connectivity index (χ0n) is 8.00. The Kier molecular flexibility index (Phi) is 14.5. The van der Waals surface area contributed by atoms with Gasteiger partial charge in [-0.15, -0.1) is 0 Å². The molecule has 0 amide bonds. The van der Waals surface area contributed by atoms with Crippen LogP contribution < -0.4 is 0 Å². The quantitative estimate of drug-likeness (QED) is 0.397. The van der Waals surface area contributed by atoms with E-state index in [9.17, 15) is 0 Å². The first-order valence-corrected chi connectivity index (χ1v) is 4.79. The first-order valence-electron chi connectivity index (χ1n) is 4.79. The van der Waals surface area contributed by atoms with Crippen molar-refractivity contribution in [1.29, 1.82) is 0 Å². The van der Waals surface area contributed by atoms with Gasteiger partial charge >= 0.3 is 0 Å². The molecule has 0 fully saturated rings. The van der Waals surface area contributed by atoms with Gasteiger partial charge in [0.25, 0.3) is 0 Å². The maximum Gasteiger partial charge on any atom is 0.0558 e. The molecule has 0 radical (unpaired) electrons. The van der Waals surface area contributed by atoms with Crippen LogP contribution in [0.15, 0.2) is 0 Å². The van der Waals surface area contributed by atoms with E-state index in [0.717, 1.165) is 13.0 Å². The molecule has 0 saturated carbocycles. The molecule has 0 aromatic heterocycles. The van der Waals surface area contributed by atoms with E-state index in [0.29, 0.717) is 13.1 Å². The fraction of sp³-hybridized carbons (Fsp3) is 1.00. The fourth-order valence-corrected chi connectivity index (χ4v) is 1.20. The SMILES string of the molecule is CCCCCN(CCO)CCO.[SiH4]. The van der Waals surface area contributed by atoms with Crippen molar-refractivity contribution in [3.63, 3.8) is 0 Å². The van der Waals surface area contributed by atoms with Gasteiger partial charge < -0.3 is 10.2 Å². The summed E-state index contributed by atoms with van der Waals surface area (Å²) in [6.45, 7) is 4.91. The van der Waals surface area contributed by atoms with Crippen LogP contribution in [0.4, 0.5) is 0 Å². The van der Waals surface area contributed by atoms with E-state index >= 15 is 0 Å². The standard InChI is InChI=1S/C9H21NO2.H4Si/c1-2-3-4-5-10(6-8-11)7-9-12;/h11-12H,2-9H2,1H3;1H4. The number of hydrogen-bond donors (Lipinski definition) is 2. The van der Waals surface area contributed by atoms with Gasteiger partial charge in [0, 0.05) is 13.1 Å². The number of aliphatic hydroxyl groups is 2. The molecule has 13 heavy (non-hydrogen) atoms. The van der Waals surface area contributed by atoms with Crippen LogP contribution in [-0.2, 0) is 0 Å². The molecule has 0 aromatic rings. The Labute approximate surface area is 85.8 Å². The molecule has 0 saturated heterocycles. The van der Waals surface area contributed by atoms with Crippen LogP contribution in [0.5, 0.6) is 0 Å². The van der Waals surface area contributed by atoms with E-state index in [1.54, 1.807) is 0 Å². The van der Waals surface area contributed by atoms with Crippen molar-refractivity contribution in [2.75, 3.05) is 32.8 Å². The molecular formula is C9H25NO2Si. The van der Waals surface area contributed by atoms with E-state index in [2.05, 4.69) is 11.8 Å². The van der Waals surface area contributed by atoms with Crippen molar-refractivity contribution < 1.29 is 10.2 Å². The number of aliphatic hydroxyl groups excluding tert-OH is 2. The van der Waals surface area contributed by atoms with Gasteiger partial charge in [0.15, 0.2) is 0 Å². The Morgan fingerprint density at radius 1 is 0.923 bits per heavy atom. The van der Waals surface area contributed by atoms with Crippen molar-refractivity contribution >= 4 is 11.0 Å². The van der Waals surface area contributed by atoms with Gasteiger partial charge in [-0.2, -0.15) is 0 Å². The fourth-order valence-electron chi connectivity index (χ4n) is 1.20. The van der Waals surface area contributed by atoms with E-state index in [-0.39, 0.29) is 24.2 Å². The average molecular weight is 207 g/mol.